The minimum Gasteiger partial charge on any atom is -0.234 e. The molecule has 2 aromatic rings. The molecule has 6 heteroatoms. The third kappa shape index (κ3) is 4.88. The largest absolute Gasteiger partial charge is 0.412 e. The molecule has 2 rings (SSSR count). The summed E-state index contributed by atoms with van der Waals surface area (Å²) in [7, 11) is 0. The second kappa shape index (κ2) is 7.55. The summed E-state index contributed by atoms with van der Waals surface area (Å²) in [5, 5.41) is 0. The lowest BCUT2D eigenvalue weighted by atomic mass is 9.95. The van der Waals surface area contributed by atoms with E-state index >= 15 is 0 Å². The minimum absolute atomic E-state index is 0.452. The van der Waals surface area contributed by atoms with Gasteiger partial charge in [0.05, 0.1) is 6.08 Å². The molecular formula is C18H18F4N2. The van der Waals surface area contributed by atoms with Gasteiger partial charge in [-0.1, -0.05) is 44.5 Å². The summed E-state index contributed by atoms with van der Waals surface area (Å²) >= 11 is 0. The van der Waals surface area contributed by atoms with Crippen molar-refractivity contribution in [3.8, 4) is 11.1 Å². The van der Waals surface area contributed by atoms with Crippen LogP contribution in [-0.4, -0.2) is 16.1 Å². The Morgan fingerprint density at radius 1 is 1.08 bits per heavy atom. The number of benzene rings is 1. The van der Waals surface area contributed by atoms with Gasteiger partial charge in [0.1, 0.15) is 0 Å². The van der Waals surface area contributed by atoms with Crippen molar-refractivity contribution >= 4 is 5.83 Å². The highest BCUT2D eigenvalue weighted by Gasteiger charge is 2.26. The van der Waals surface area contributed by atoms with Gasteiger partial charge in [-0.2, -0.15) is 13.2 Å². The molecule has 1 unspecified atom stereocenters. The van der Waals surface area contributed by atoms with Crippen molar-refractivity contribution in [1.29, 1.82) is 0 Å². The fourth-order valence-corrected chi connectivity index (χ4v) is 2.41. The van der Waals surface area contributed by atoms with Gasteiger partial charge in [0, 0.05) is 18.0 Å². The summed E-state index contributed by atoms with van der Waals surface area (Å²) in [6.07, 6.45) is -0.354. The highest BCUT2D eigenvalue weighted by molar-refractivity contribution is 5.63. The molecule has 0 N–H and O–H groups in total. The van der Waals surface area contributed by atoms with E-state index in [0.29, 0.717) is 11.5 Å². The first-order chi connectivity index (χ1) is 11.3. The summed E-state index contributed by atoms with van der Waals surface area (Å²) in [6.45, 7) is 4.29. The van der Waals surface area contributed by atoms with Gasteiger partial charge >= 0.3 is 6.18 Å². The van der Waals surface area contributed by atoms with Crippen molar-refractivity contribution in [2.24, 2.45) is 0 Å². The third-order valence-corrected chi connectivity index (χ3v) is 3.69. The minimum atomic E-state index is -4.74. The molecule has 0 spiro atoms. The van der Waals surface area contributed by atoms with Gasteiger partial charge in [0.2, 0.25) is 0 Å². The van der Waals surface area contributed by atoms with Gasteiger partial charge < -0.3 is 0 Å². The number of hydrogen-bond donors (Lipinski definition) is 0. The summed E-state index contributed by atoms with van der Waals surface area (Å²) in [4.78, 5) is 7.34. The van der Waals surface area contributed by atoms with Crippen LogP contribution in [0.15, 0.2) is 42.7 Å². The number of alkyl halides is 3. The van der Waals surface area contributed by atoms with Gasteiger partial charge in [0.15, 0.2) is 11.7 Å². The van der Waals surface area contributed by atoms with Gasteiger partial charge in [-0.05, 0) is 23.5 Å². The monoisotopic (exact) mass is 338 g/mol. The van der Waals surface area contributed by atoms with Crippen molar-refractivity contribution < 1.29 is 17.6 Å². The van der Waals surface area contributed by atoms with E-state index in [1.165, 1.54) is 18.0 Å². The van der Waals surface area contributed by atoms with Crippen molar-refractivity contribution in [2.45, 2.75) is 38.8 Å². The number of halogens is 4. The molecule has 0 bridgehead atoms. The second-order valence-electron chi connectivity index (χ2n) is 5.64. The number of allylic oxidation sites excluding steroid dienone is 1. The highest BCUT2D eigenvalue weighted by Crippen LogP contribution is 2.26. The van der Waals surface area contributed by atoms with E-state index in [0.717, 1.165) is 18.4 Å². The van der Waals surface area contributed by atoms with Crippen LogP contribution in [0.5, 0.6) is 0 Å². The van der Waals surface area contributed by atoms with Gasteiger partial charge in [-0.3, -0.25) is 0 Å². The van der Waals surface area contributed by atoms with E-state index in [2.05, 4.69) is 23.8 Å². The van der Waals surface area contributed by atoms with Crippen molar-refractivity contribution in [1.82, 2.24) is 9.97 Å². The van der Waals surface area contributed by atoms with E-state index in [-0.39, 0.29) is 0 Å². The Labute approximate surface area is 138 Å². The molecular weight excluding hydrogens is 320 g/mol. The lowest BCUT2D eigenvalue weighted by Crippen LogP contribution is -2.03. The van der Waals surface area contributed by atoms with E-state index in [1.807, 2.05) is 24.3 Å². The molecule has 0 saturated heterocycles. The molecule has 0 fully saturated rings. The zero-order valence-corrected chi connectivity index (χ0v) is 13.4. The molecule has 24 heavy (non-hydrogen) atoms. The Kier molecular flexibility index (Phi) is 5.70. The molecule has 1 atom stereocenters. The molecule has 0 aliphatic heterocycles. The maximum Gasteiger partial charge on any atom is 0.412 e. The first kappa shape index (κ1) is 18.1. The Morgan fingerprint density at radius 3 is 2.17 bits per heavy atom. The topological polar surface area (TPSA) is 25.8 Å². The number of aromatic nitrogens is 2. The number of rotatable bonds is 5. The van der Waals surface area contributed by atoms with E-state index in [9.17, 15) is 17.6 Å². The third-order valence-electron chi connectivity index (χ3n) is 3.69. The van der Waals surface area contributed by atoms with Gasteiger partial charge in [0.25, 0.3) is 0 Å². The Balaban J connectivity index is 2.18. The Bertz CT molecular complexity index is 688. The first-order valence-corrected chi connectivity index (χ1v) is 7.68. The fraction of sp³-hybridized carbons (Fsp3) is 0.333. The van der Waals surface area contributed by atoms with Crippen molar-refractivity contribution in [3.63, 3.8) is 0 Å². The van der Waals surface area contributed by atoms with Crippen LogP contribution in [0.3, 0.4) is 0 Å². The predicted octanol–water partition coefficient (Wildman–Crippen LogP) is 5.92. The normalized spacial score (nSPS) is 13.8. The molecule has 0 amide bonds. The maximum atomic E-state index is 13.4. The number of nitrogens with zero attached hydrogens (tertiary/aromatic N) is 2. The molecule has 2 nitrogen and oxygen atoms in total. The highest BCUT2D eigenvalue weighted by atomic mass is 19.4. The van der Waals surface area contributed by atoms with Crippen molar-refractivity contribution in [3.05, 3.63) is 54.1 Å². The van der Waals surface area contributed by atoms with Crippen LogP contribution in [0.4, 0.5) is 17.6 Å². The van der Waals surface area contributed by atoms with Crippen LogP contribution >= 0.6 is 0 Å². The molecule has 0 saturated carbocycles. The Morgan fingerprint density at radius 2 is 1.67 bits per heavy atom. The fourth-order valence-electron chi connectivity index (χ4n) is 2.41. The Hall–Kier alpha value is -2.24. The average Bonchev–Trinajstić information content (AvgIpc) is 2.54. The van der Waals surface area contributed by atoms with E-state index in [4.69, 9.17) is 0 Å². The lowest BCUT2D eigenvalue weighted by Gasteiger charge is -2.11. The SMILES string of the molecule is CCCC(C)c1ccc(-c2cnc(/C(F)=C/C(F)(F)F)nc2)cc1. The number of hydrogen-bond acceptors (Lipinski definition) is 2. The van der Waals surface area contributed by atoms with Gasteiger partial charge in [-0.25, -0.2) is 14.4 Å². The van der Waals surface area contributed by atoms with E-state index in [1.54, 1.807) is 0 Å². The van der Waals surface area contributed by atoms with Crippen LogP contribution in [0, 0.1) is 0 Å². The summed E-state index contributed by atoms with van der Waals surface area (Å²) in [5.74, 6) is -1.62. The molecule has 128 valence electrons. The maximum absolute atomic E-state index is 13.4. The summed E-state index contributed by atoms with van der Waals surface area (Å²) < 4.78 is 49.8. The van der Waals surface area contributed by atoms with E-state index < -0.39 is 23.9 Å². The first-order valence-electron chi connectivity index (χ1n) is 7.68. The average molecular weight is 338 g/mol. The lowest BCUT2D eigenvalue weighted by molar-refractivity contribution is -0.0798. The molecule has 0 aliphatic rings. The van der Waals surface area contributed by atoms with Crippen LogP contribution in [0.1, 0.15) is 44.0 Å². The van der Waals surface area contributed by atoms with Crippen LogP contribution in [0.25, 0.3) is 17.0 Å². The van der Waals surface area contributed by atoms with Crippen LogP contribution in [-0.2, 0) is 0 Å². The summed E-state index contributed by atoms with van der Waals surface area (Å²) in [6, 6.07) is 7.82. The summed E-state index contributed by atoms with van der Waals surface area (Å²) in [5.41, 5.74) is 2.67. The van der Waals surface area contributed by atoms with Crippen LogP contribution < -0.4 is 0 Å². The molecule has 0 radical (unpaired) electrons. The van der Waals surface area contributed by atoms with Gasteiger partial charge in [-0.15, -0.1) is 0 Å². The second-order valence-corrected chi connectivity index (χ2v) is 5.64. The zero-order chi connectivity index (χ0) is 17.7. The zero-order valence-electron chi connectivity index (χ0n) is 13.4. The molecule has 1 aromatic heterocycles. The standard InChI is InChI=1S/C18H18F4N2/c1-3-4-12(2)13-5-7-14(8-6-13)15-10-23-17(24-11-15)16(19)9-18(20,21)22/h5-12H,3-4H2,1-2H3/b16-9-. The predicted molar refractivity (Wildman–Crippen MR) is 85.9 cm³/mol. The smallest absolute Gasteiger partial charge is 0.234 e. The quantitative estimate of drug-likeness (QED) is 0.632. The molecule has 1 aromatic carbocycles. The molecule has 1 heterocycles. The molecule has 0 aliphatic carbocycles. The van der Waals surface area contributed by atoms with Crippen LogP contribution in [0.2, 0.25) is 0 Å². The van der Waals surface area contributed by atoms with Crippen molar-refractivity contribution in [2.75, 3.05) is 0 Å².